The molecule has 0 fully saturated rings. The number of carbonyl (C=O) groups is 1. The lowest BCUT2D eigenvalue weighted by molar-refractivity contribution is -0.123. The smallest absolute Gasteiger partial charge is 0.277 e. The van der Waals surface area contributed by atoms with Gasteiger partial charge < -0.3 is 14.2 Å². The standard InChI is InChI=1S/C21H26N2O4/c1-5-15(2)16-6-9-18(10-7-16)27-14-21(24)23-22-13-17-8-11-19(25-3)12-20(17)26-4/h6-13,15H,5,14H2,1-4H3,(H,23,24). The second kappa shape index (κ2) is 10.2. The zero-order chi connectivity index (χ0) is 19.6. The molecule has 144 valence electrons. The second-order valence-corrected chi connectivity index (χ2v) is 6.07. The predicted molar refractivity (Wildman–Crippen MR) is 106 cm³/mol. The highest BCUT2D eigenvalue weighted by molar-refractivity contribution is 5.85. The van der Waals surface area contributed by atoms with Gasteiger partial charge in [0, 0.05) is 11.6 Å². The van der Waals surface area contributed by atoms with Crippen LogP contribution >= 0.6 is 0 Å². The van der Waals surface area contributed by atoms with Crippen molar-refractivity contribution >= 4 is 12.1 Å². The Morgan fingerprint density at radius 2 is 1.81 bits per heavy atom. The summed E-state index contributed by atoms with van der Waals surface area (Å²) >= 11 is 0. The summed E-state index contributed by atoms with van der Waals surface area (Å²) in [5, 5.41) is 3.94. The van der Waals surface area contributed by atoms with Crippen molar-refractivity contribution in [3.05, 3.63) is 53.6 Å². The molecule has 1 unspecified atom stereocenters. The second-order valence-electron chi connectivity index (χ2n) is 6.07. The van der Waals surface area contributed by atoms with Crippen LogP contribution in [0.4, 0.5) is 0 Å². The van der Waals surface area contributed by atoms with Crippen molar-refractivity contribution in [2.24, 2.45) is 5.10 Å². The number of amides is 1. The molecule has 0 aromatic heterocycles. The molecular formula is C21H26N2O4. The van der Waals surface area contributed by atoms with Crippen molar-refractivity contribution < 1.29 is 19.0 Å². The maximum absolute atomic E-state index is 11.9. The number of nitrogens with one attached hydrogen (secondary N) is 1. The maximum atomic E-state index is 11.9. The normalized spacial score (nSPS) is 11.9. The van der Waals surface area contributed by atoms with Crippen LogP contribution in [0.1, 0.15) is 37.3 Å². The Bertz CT molecular complexity index is 772. The minimum Gasteiger partial charge on any atom is -0.497 e. The molecule has 1 atom stereocenters. The Kier molecular flexibility index (Phi) is 7.67. The molecule has 0 saturated heterocycles. The molecule has 2 aromatic carbocycles. The van der Waals surface area contributed by atoms with Gasteiger partial charge in [0.2, 0.25) is 0 Å². The van der Waals surface area contributed by atoms with Crippen molar-refractivity contribution in [1.82, 2.24) is 5.43 Å². The van der Waals surface area contributed by atoms with Gasteiger partial charge in [-0.3, -0.25) is 4.79 Å². The number of hydrogen-bond donors (Lipinski definition) is 1. The predicted octanol–water partition coefficient (Wildman–Crippen LogP) is 3.75. The fourth-order valence-electron chi connectivity index (χ4n) is 2.41. The number of rotatable bonds is 9. The number of ether oxygens (including phenoxy) is 3. The number of hydrogen-bond acceptors (Lipinski definition) is 5. The van der Waals surface area contributed by atoms with E-state index in [0.29, 0.717) is 23.2 Å². The van der Waals surface area contributed by atoms with Gasteiger partial charge in [-0.1, -0.05) is 26.0 Å². The summed E-state index contributed by atoms with van der Waals surface area (Å²) in [5.41, 5.74) is 4.42. The average molecular weight is 370 g/mol. The van der Waals surface area contributed by atoms with Gasteiger partial charge in [0.1, 0.15) is 17.2 Å². The summed E-state index contributed by atoms with van der Waals surface area (Å²) in [6.45, 7) is 4.22. The molecule has 1 amide bonds. The van der Waals surface area contributed by atoms with E-state index in [9.17, 15) is 4.79 Å². The van der Waals surface area contributed by atoms with E-state index in [0.717, 1.165) is 12.0 Å². The van der Waals surface area contributed by atoms with Crippen LogP contribution in [-0.4, -0.2) is 32.9 Å². The molecule has 0 radical (unpaired) electrons. The molecule has 1 N–H and O–H groups in total. The highest BCUT2D eigenvalue weighted by Gasteiger charge is 2.06. The number of benzene rings is 2. The number of hydrazone groups is 1. The summed E-state index contributed by atoms with van der Waals surface area (Å²) in [7, 11) is 3.14. The third-order valence-electron chi connectivity index (χ3n) is 4.26. The van der Waals surface area contributed by atoms with Crippen LogP contribution in [0, 0.1) is 0 Å². The molecule has 0 aliphatic rings. The molecule has 0 bridgehead atoms. The van der Waals surface area contributed by atoms with Gasteiger partial charge in [0.15, 0.2) is 6.61 Å². The quantitative estimate of drug-likeness (QED) is 0.539. The molecule has 2 rings (SSSR count). The zero-order valence-electron chi connectivity index (χ0n) is 16.2. The minimum atomic E-state index is -0.343. The highest BCUT2D eigenvalue weighted by Crippen LogP contribution is 2.23. The van der Waals surface area contributed by atoms with Gasteiger partial charge >= 0.3 is 0 Å². The monoisotopic (exact) mass is 370 g/mol. The molecule has 0 spiro atoms. The summed E-state index contributed by atoms with van der Waals surface area (Å²) in [4.78, 5) is 11.9. The lowest BCUT2D eigenvalue weighted by Gasteiger charge is -2.10. The number of methoxy groups -OCH3 is 2. The molecule has 0 saturated carbocycles. The topological polar surface area (TPSA) is 69.2 Å². The number of carbonyl (C=O) groups excluding carboxylic acids is 1. The van der Waals surface area contributed by atoms with Crippen molar-refractivity contribution in [2.45, 2.75) is 26.2 Å². The van der Waals surface area contributed by atoms with Gasteiger partial charge in [-0.2, -0.15) is 5.10 Å². The van der Waals surface area contributed by atoms with Gasteiger partial charge in [0.25, 0.3) is 5.91 Å². The van der Waals surface area contributed by atoms with E-state index in [-0.39, 0.29) is 12.5 Å². The van der Waals surface area contributed by atoms with Crippen molar-refractivity contribution in [3.8, 4) is 17.2 Å². The van der Waals surface area contributed by atoms with E-state index in [1.54, 1.807) is 32.4 Å². The third-order valence-corrected chi connectivity index (χ3v) is 4.26. The SMILES string of the molecule is CCC(C)c1ccc(OCC(=O)NN=Cc2ccc(OC)cc2OC)cc1. The fraction of sp³-hybridized carbons (Fsp3) is 0.333. The highest BCUT2D eigenvalue weighted by atomic mass is 16.5. The number of nitrogens with zero attached hydrogens (tertiary/aromatic N) is 1. The van der Waals surface area contributed by atoms with Gasteiger partial charge in [-0.05, 0) is 42.2 Å². The summed E-state index contributed by atoms with van der Waals surface area (Å²) in [5.74, 6) is 2.10. The van der Waals surface area contributed by atoms with Crippen molar-refractivity contribution in [1.29, 1.82) is 0 Å². The largest absolute Gasteiger partial charge is 0.497 e. The Labute approximate surface area is 160 Å². The molecule has 6 heteroatoms. The molecule has 0 aliphatic heterocycles. The summed E-state index contributed by atoms with van der Waals surface area (Å²) in [6, 6.07) is 13.1. The van der Waals surface area contributed by atoms with E-state index in [2.05, 4.69) is 24.4 Å². The van der Waals surface area contributed by atoms with Crippen LogP contribution in [0.15, 0.2) is 47.6 Å². The third kappa shape index (κ3) is 6.02. The molecular weight excluding hydrogens is 344 g/mol. The zero-order valence-corrected chi connectivity index (χ0v) is 16.2. The van der Waals surface area contributed by atoms with Crippen molar-refractivity contribution in [2.75, 3.05) is 20.8 Å². The van der Waals surface area contributed by atoms with Gasteiger partial charge in [0.05, 0.1) is 20.4 Å². The van der Waals surface area contributed by atoms with Crippen LogP contribution in [0.2, 0.25) is 0 Å². The average Bonchev–Trinajstić information content (AvgIpc) is 2.72. The van der Waals surface area contributed by atoms with Crippen LogP contribution in [0.25, 0.3) is 0 Å². The van der Waals surface area contributed by atoms with Crippen molar-refractivity contribution in [3.63, 3.8) is 0 Å². The molecule has 2 aromatic rings. The lowest BCUT2D eigenvalue weighted by Crippen LogP contribution is -2.24. The summed E-state index contributed by atoms with van der Waals surface area (Å²) in [6.07, 6.45) is 2.59. The van der Waals surface area contributed by atoms with Crippen LogP contribution < -0.4 is 19.6 Å². The fourth-order valence-corrected chi connectivity index (χ4v) is 2.41. The first-order valence-electron chi connectivity index (χ1n) is 8.84. The van der Waals surface area contributed by atoms with Crippen LogP contribution in [0.5, 0.6) is 17.2 Å². The van der Waals surface area contributed by atoms with Crippen LogP contribution in [-0.2, 0) is 4.79 Å². The van der Waals surface area contributed by atoms with E-state index >= 15 is 0 Å². The Morgan fingerprint density at radius 3 is 2.44 bits per heavy atom. The first-order chi connectivity index (χ1) is 13.1. The molecule has 0 aliphatic carbocycles. The minimum absolute atomic E-state index is 0.111. The molecule has 0 heterocycles. The summed E-state index contributed by atoms with van der Waals surface area (Å²) < 4.78 is 15.9. The van der Waals surface area contributed by atoms with Crippen LogP contribution in [0.3, 0.4) is 0 Å². The molecule has 6 nitrogen and oxygen atoms in total. The van der Waals surface area contributed by atoms with E-state index in [1.807, 2.05) is 24.3 Å². The first kappa shape index (κ1) is 20.3. The Hall–Kier alpha value is -3.02. The first-order valence-corrected chi connectivity index (χ1v) is 8.84. The maximum Gasteiger partial charge on any atom is 0.277 e. The lowest BCUT2D eigenvalue weighted by atomic mass is 9.99. The Balaban J connectivity index is 1.85. The van der Waals surface area contributed by atoms with Gasteiger partial charge in [-0.15, -0.1) is 0 Å². The van der Waals surface area contributed by atoms with E-state index in [1.165, 1.54) is 11.8 Å². The Morgan fingerprint density at radius 1 is 1.11 bits per heavy atom. The van der Waals surface area contributed by atoms with E-state index in [4.69, 9.17) is 14.2 Å². The van der Waals surface area contributed by atoms with E-state index < -0.39 is 0 Å². The molecule has 27 heavy (non-hydrogen) atoms. The van der Waals surface area contributed by atoms with Gasteiger partial charge in [-0.25, -0.2) is 5.43 Å².